The van der Waals surface area contributed by atoms with E-state index in [0.717, 1.165) is 54.2 Å². The van der Waals surface area contributed by atoms with Crippen molar-refractivity contribution in [2.24, 2.45) is 0 Å². The summed E-state index contributed by atoms with van der Waals surface area (Å²) in [7, 11) is 0. The third-order valence-corrected chi connectivity index (χ3v) is 6.97. The number of rotatable bonds is 2. The fraction of sp³-hybridized carbons (Fsp3) is 0.280. The Bertz CT molecular complexity index is 1080. The van der Waals surface area contributed by atoms with Gasteiger partial charge in [0.05, 0.1) is 4.88 Å². The van der Waals surface area contributed by atoms with Crippen molar-refractivity contribution in [2.45, 2.75) is 32.7 Å². The Hall–Kier alpha value is -2.56. The van der Waals surface area contributed by atoms with Crippen molar-refractivity contribution in [3.05, 3.63) is 92.4 Å². The summed E-state index contributed by atoms with van der Waals surface area (Å²) in [6, 6.07) is 14.9. The minimum atomic E-state index is 0.252. The van der Waals surface area contributed by atoms with Crippen LogP contribution in [0.5, 0.6) is 0 Å². The van der Waals surface area contributed by atoms with Gasteiger partial charge >= 0.3 is 0 Å². The Morgan fingerprint density at radius 3 is 2.66 bits per heavy atom. The van der Waals surface area contributed by atoms with Crippen molar-refractivity contribution in [1.82, 2.24) is 9.88 Å². The standard InChI is InChI=1S/C25H24N2OS/c1-17-6-7-18(15-26-17)16-27-11-8-19(9-12-27)24-21-5-3-2-4-20(21)14-23(28)25-22(24)10-13-29-25/h2-7,10,13,15H,8-9,11-12,14,16H2,1H3. The molecule has 2 aromatic heterocycles. The lowest BCUT2D eigenvalue weighted by Gasteiger charge is -2.30. The molecule has 3 aromatic rings. The molecule has 1 aliphatic heterocycles. The van der Waals surface area contributed by atoms with E-state index in [1.807, 2.05) is 19.2 Å². The summed E-state index contributed by atoms with van der Waals surface area (Å²) in [5, 5.41) is 2.07. The Morgan fingerprint density at radius 1 is 1.03 bits per heavy atom. The zero-order chi connectivity index (χ0) is 19.8. The molecule has 2 aliphatic rings. The minimum absolute atomic E-state index is 0.252. The van der Waals surface area contributed by atoms with Crippen molar-refractivity contribution < 1.29 is 4.79 Å². The SMILES string of the molecule is Cc1ccc(CN2CCC(=C3c4ccccc4CC(=O)c4sccc43)CC2)cn1. The van der Waals surface area contributed by atoms with E-state index >= 15 is 0 Å². The number of Topliss-reactive ketones (excluding diaryl/α,β-unsaturated/α-hetero) is 1. The van der Waals surface area contributed by atoms with Crippen molar-refractivity contribution in [1.29, 1.82) is 0 Å². The molecule has 0 saturated carbocycles. The van der Waals surface area contributed by atoms with Gasteiger partial charge in [-0.3, -0.25) is 14.7 Å². The summed E-state index contributed by atoms with van der Waals surface area (Å²) in [6.45, 7) is 5.07. The van der Waals surface area contributed by atoms with Crippen molar-refractivity contribution in [2.75, 3.05) is 13.1 Å². The molecule has 0 atom stereocenters. The minimum Gasteiger partial charge on any atom is -0.298 e. The predicted octanol–water partition coefficient (Wildman–Crippen LogP) is 5.29. The maximum Gasteiger partial charge on any atom is 0.177 e. The van der Waals surface area contributed by atoms with Crippen LogP contribution >= 0.6 is 11.3 Å². The molecule has 0 spiro atoms. The maximum atomic E-state index is 12.8. The van der Waals surface area contributed by atoms with E-state index in [1.165, 1.54) is 22.3 Å². The summed E-state index contributed by atoms with van der Waals surface area (Å²) < 4.78 is 0. The first-order chi connectivity index (χ1) is 14.2. The normalized spacial score (nSPS) is 17.1. The summed E-state index contributed by atoms with van der Waals surface area (Å²) in [6.07, 6.45) is 4.60. The first-order valence-corrected chi connectivity index (χ1v) is 11.1. The summed E-state index contributed by atoms with van der Waals surface area (Å²) >= 11 is 1.59. The van der Waals surface area contributed by atoms with Crippen LogP contribution in [0.25, 0.3) is 5.57 Å². The Morgan fingerprint density at radius 2 is 1.86 bits per heavy atom. The third-order valence-electron chi connectivity index (χ3n) is 6.02. The molecular weight excluding hydrogens is 376 g/mol. The molecule has 1 aromatic carbocycles. The number of benzene rings is 1. The molecule has 1 saturated heterocycles. The van der Waals surface area contributed by atoms with E-state index in [1.54, 1.807) is 11.3 Å². The van der Waals surface area contributed by atoms with Crippen LogP contribution in [-0.4, -0.2) is 28.8 Å². The van der Waals surface area contributed by atoms with E-state index in [0.29, 0.717) is 6.42 Å². The lowest BCUT2D eigenvalue weighted by atomic mass is 9.87. The Balaban J connectivity index is 1.46. The molecule has 4 heteroatoms. The number of pyridine rings is 1. The highest BCUT2D eigenvalue weighted by molar-refractivity contribution is 7.12. The van der Waals surface area contributed by atoms with Gasteiger partial charge in [0.15, 0.2) is 5.78 Å². The van der Waals surface area contributed by atoms with Crippen molar-refractivity contribution in [3.63, 3.8) is 0 Å². The van der Waals surface area contributed by atoms with Crippen LogP contribution in [0.15, 0.2) is 59.6 Å². The van der Waals surface area contributed by atoms with E-state index < -0.39 is 0 Å². The molecule has 0 N–H and O–H groups in total. The number of thiophene rings is 1. The summed E-state index contributed by atoms with van der Waals surface area (Å²) in [5.74, 6) is 0.252. The zero-order valence-corrected chi connectivity index (χ0v) is 17.5. The predicted molar refractivity (Wildman–Crippen MR) is 118 cm³/mol. The van der Waals surface area contributed by atoms with Crippen molar-refractivity contribution in [3.8, 4) is 0 Å². The molecule has 1 aliphatic carbocycles. The van der Waals surface area contributed by atoms with Gasteiger partial charge in [-0.1, -0.05) is 35.9 Å². The maximum absolute atomic E-state index is 12.8. The quantitative estimate of drug-likeness (QED) is 0.586. The van der Waals surface area contributed by atoms with Gasteiger partial charge in [-0.2, -0.15) is 0 Å². The number of piperidine rings is 1. The van der Waals surface area contributed by atoms with Gasteiger partial charge < -0.3 is 0 Å². The third kappa shape index (κ3) is 3.59. The molecule has 3 nitrogen and oxygen atoms in total. The van der Waals surface area contributed by atoms with E-state index in [-0.39, 0.29) is 5.78 Å². The molecule has 1 fully saturated rings. The number of ketones is 1. The second kappa shape index (κ2) is 7.69. The topological polar surface area (TPSA) is 33.2 Å². The number of fused-ring (bicyclic) bond motifs is 2. The molecule has 5 rings (SSSR count). The number of hydrogen-bond acceptors (Lipinski definition) is 4. The first-order valence-electron chi connectivity index (χ1n) is 10.2. The van der Waals surface area contributed by atoms with Gasteiger partial charge in [-0.25, -0.2) is 0 Å². The van der Waals surface area contributed by atoms with Crippen LogP contribution in [0.3, 0.4) is 0 Å². The zero-order valence-electron chi connectivity index (χ0n) is 16.6. The van der Waals surface area contributed by atoms with Crippen LogP contribution in [0.4, 0.5) is 0 Å². The largest absolute Gasteiger partial charge is 0.298 e. The van der Waals surface area contributed by atoms with Gasteiger partial charge in [-0.05, 0) is 59.5 Å². The monoisotopic (exact) mass is 400 g/mol. The van der Waals surface area contributed by atoms with Crippen LogP contribution < -0.4 is 0 Å². The number of hydrogen-bond donors (Lipinski definition) is 0. The lowest BCUT2D eigenvalue weighted by molar-refractivity contribution is 0.0997. The molecule has 146 valence electrons. The number of aryl methyl sites for hydroxylation is 1. The van der Waals surface area contributed by atoms with Gasteiger partial charge in [-0.15, -0.1) is 11.3 Å². The second-order valence-electron chi connectivity index (χ2n) is 7.98. The van der Waals surface area contributed by atoms with Crippen LogP contribution in [0.1, 0.15) is 50.5 Å². The molecule has 0 bridgehead atoms. The fourth-order valence-corrected chi connectivity index (χ4v) is 5.34. The number of aromatic nitrogens is 1. The molecule has 3 heterocycles. The van der Waals surface area contributed by atoms with Crippen LogP contribution in [0, 0.1) is 6.92 Å². The molecule has 0 radical (unpaired) electrons. The smallest absolute Gasteiger partial charge is 0.177 e. The number of carbonyl (C=O) groups is 1. The first kappa shape index (κ1) is 18.5. The summed E-state index contributed by atoms with van der Waals surface area (Å²) in [5.41, 5.74) is 8.71. The average Bonchev–Trinajstić information content (AvgIpc) is 3.18. The molecule has 0 amide bonds. The Kier molecular flexibility index (Phi) is 4.90. The average molecular weight is 401 g/mol. The van der Waals surface area contributed by atoms with E-state index in [9.17, 15) is 4.79 Å². The fourth-order valence-electron chi connectivity index (χ4n) is 4.50. The Labute approximate surface area is 175 Å². The number of carbonyl (C=O) groups excluding carboxylic acids is 1. The number of likely N-dealkylation sites (tertiary alicyclic amines) is 1. The molecule has 29 heavy (non-hydrogen) atoms. The van der Waals surface area contributed by atoms with Crippen molar-refractivity contribution >= 4 is 22.7 Å². The van der Waals surface area contributed by atoms with Gasteiger partial charge in [0, 0.05) is 43.5 Å². The van der Waals surface area contributed by atoms with Gasteiger partial charge in [0.2, 0.25) is 0 Å². The second-order valence-corrected chi connectivity index (χ2v) is 8.90. The highest BCUT2D eigenvalue weighted by atomic mass is 32.1. The lowest BCUT2D eigenvalue weighted by Crippen LogP contribution is -2.30. The summed E-state index contributed by atoms with van der Waals surface area (Å²) in [4.78, 5) is 20.7. The van der Waals surface area contributed by atoms with Gasteiger partial charge in [0.25, 0.3) is 0 Å². The molecule has 0 unspecified atom stereocenters. The van der Waals surface area contributed by atoms with E-state index in [4.69, 9.17) is 0 Å². The van der Waals surface area contributed by atoms with E-state index in [2.05, 4.69) is 51.7 Å². The van der Waals surface area contributed by atoms with Gasteiger partial charge in [0.1, 0.15) is 0 Å². The van der Waals surface area contributed by atoms with Crippen LogP contribution in [0.2, 0.25) is 0 Å². The highest BCUT2D eigenvalue weighted by Gasteiger charge is 2.27. The molecular formula is C25H24N2OS. The number of nitrogens with zero attached hydrogens (tertiary/aromatic N) is 2. The highest BCUT2D eigenvalue weighted by Crippen LogP contribution is 2.40. The van der Waals surface area contributed by atoms with Crippen LogP contribution in [-0.2, 0) is 13.0 Å².